The molecule has 0 amide bonds. The minimum Gasteiger partial charge on any atom is -0.507 e. The van der Waals surface area contributed by atoms with Gasteiger partial charge in [-0.3, -0.25) is 10.1 Å². The van der Waals surface area contributed by atoms with Crippen molar-refractivity contribution < 1.29 is 24.6 Å². The van der Waals surface area contributed by atoms with Crippen LogP contribution in [0.2, 0.25) is 0 Å². The van der Waals surface area contributed by atoms with Crippen LogP contribution >= 0.6 is 0 Å². The lowest BCUT2D eigenvalue weighted by molar-refractivity contribution is -0.387. The molecule has 18 heavy (non-hydrogen) atoms. The van der Waals surface area contributed by atoms with Crippen molar-refractivity contribution in [3.8, 4) is 11.5 Å². The molecule has 0 bridgehead atoms. The molecule has 0 aromatic heterocycles. The predicted octanol–water partition coefficient (Wildman–Crippen LogP) is 1.49. The van der Waals surface area contributed by atoms with E-state index < -0.39 is 46.1 Å². The van der Waals surface area contributed by atoms with Crippen molar-refractivity contribution in [2.75, 3.05) is 6.54 Å². The van der Waals surface area contributed by atoms with Crippen LogP contribution in [-0.4, -0.2) is 26.8 Å². The number of azide groups is 1. The lowest BCUT2D eigenvalue weighted by Crippen LogP contribution is -2.06. The molecular formula is C8H7FN4O5. The number of hydrogen-bond acceptors (Lipinski definition) is 6. The van der Waals surface area contributed by atoms with Crippen molar-refractivity contribution in [1.82, 2.24) is 0 Å². The van der Waals surface area contributed by atoms with Gasteiger partial charge in [0.15, 0.2) is 5.82 Å². The second-order valence-electron chi connectivity index (χ2n) is 3.17. The van der Waals surface area contributed by atoms with E-state index in [0.29, 0.717) is 6.07 Å². The SMILES string of the molecule is [N-]=[N+]=NC[C@@H](O)c1c(O)cc(F)c(O)c1[N+](=O)[O-]. The van der Waals surface area contributed by atoms with E-state index in [2.05, 4.69) is 10.0 Å². The molecule has 1 aromatic rings. The summed E-state index contributed by atoms with van der Waals surface area (Å²) >= 11 is 0. The molecule has 1 atom stereocenters. The average Bonchev–Trinajstić information content (AvgIpc) is 2.29. The topological polar surface area (TPSA) is 153 Å². The monoisotopic (exact) mass is 258 g/mol. The number of phenols is 2. The fourth-order valence-corrected chi connectivity index (χ4v) is 1.35. The standard InChI is InChI=1S/C8H7FN4O5/c9-3-1-4(14)6(5(15)2-11-12-10)7(8(3)16)13(17)18/h1,5,14-16H,2H2/t5-/m1/s1. The van der Waals surface area contributed by atoms with Crippen molar-refractivity contribution in [2.24, 2.45) is 5.11 Å². The number of aliphatic hydroxyl groups is 1. The Bertz CT molecular complexity index is 543. The number of aromatic hydroxyl groups is 2. The Kier molecular flexibility index (Phi) is 3.87. The van der Waals surface area contributed by atoms with Crippen molar-refractivity contribution in [2.45, 2.75) is 6.10 Å². The van der Waals surface area contributed by atoms with Gasteiger partial charge in [0.25, 0.3) is 0 Å². The van der Waals surface area contributed by atoms with Crippen molar-refractivity contribution in [3.05, 3.63) is 38.0 Å². The van der Waals surface area contributed by atoms with Gasteiger partial charge in [-0.2, -0.15) is 0 Å². The lowest BCUT2D eigenvalue weighted by Gasteiger charge is -2.11. The molecular weight excluding hydrogens is 251 g/mol. The first-order chi connectivity index (χ1) is 8.40. The van der Waals surface area contributed by atoms with Crippen LogP contribution in [-0.2, 0) is 0 Å². The van der Waals surface area contributed by atoms with Crippen LogP contribution in [0.15, 0.2) is 11.2 Å². The highest BCUT2D eigenvalue weighted by Gasteiger charge is 2.31. The third kappa shape index (κ3) is 2.39. The van der Waals surface area contributed by atoms with Crippen LogP contribution in [0.3, 0.4) is 0 Å². The summed E-state index contributed by atoms with van der Waals surface area (Å²) in [4.78, 5) is 11.8. The zero-order valence-electron chi connectivity index (χ0n) is 8.69. The van der Waals surface area contributed by atoms with Crippen LogP contribution in [0, 0.1) is 15.9 Å². The first-order valence-electron chi connectivity index (χ1n) is 4.47. The third-order valence-electron chi connectivity index (χ3n) is 2.08. The lowest BCUT2D eigenvalue weighted by atomic mass is 10.0. The van der Waals surface area contributed by atoms with Gasteiger partial charge in [-0.05, 0) is 5.53 Å². The third-order valence-corrected chi connectivity index (χ3v) is 2.08. The van der Waals surface area contributed by atoms with E-state index >= 15 is 0 Å². The number of aliphatic hydroxyl groups excluding tert-OH is 1. The van der Waals surface area contributed by atoms with Gasteiger partial charge in [0.05, 0.1) is 17.6 Å². The summed E-state index contributed by atoms with van der Waals surface area (Å²) in [6, 6.07) is 0.414. The molecule has 10 heteroatoms. The molecule has 0 spiro atoms. The Morgan fingerprint density at radius 1 is 1.61 bits per heavy atom. The number of nitro groups is 1. The normalized spacial score (nSPS) is 11.7. The van der Waals surface area contributed by atoms with Gasteiger partial charge in [0, 0.05) is 11.0 Å². The molecule has 0 saturated carbocycles. The number of halogens is 1. The summed E-state index contributed by atoms with van der Waals surface area (Å²) in [5.74, 6) is -3.63. The maximum Gasteiger partial charge on any atom is 0.323 e. The zero-order valence-corrected chi connectivity index (χ0v) is 8.69. The summed E-state index contributed by atoms with van der Waals surface area (Å²) in [6.07, 6.45) is -1.74. The van der Waals surface area contributed by atoms with Crippen molar-refractivity contribution in [1.29, 1.82) is 0 Å². The average molecular weight is 258 g/mol. The van der Waals surface area contributed by atoms with Gasteiger partial charge in [-0.15, -0.1) is 0 Å². The Hall–Kier alpha value is -2.58. The van der Waals surface area contributed by atoms with E-state index in [-0.39, 0.29) is 0 Å². The van der Waals surface area contributed by atoms with Gasteiger partial charge < -0.3 is 15.3 Å². The van der Waals surface area contributed by atoms with Crippen molar-refractivity contribution in [3.63, 3.8) is 0 Å². The minimum absolute atomic E-state index is 0.414. The molecule has 0 saturated heterocycles. The smallest absolute Gasteiger partial charge is 0.323 e. The Labute approximate surface area is 98.5 Å². The second-order valence-corrected chi connectivity index (χ2v) is 3.17. The van der Waals surface area contributed by atoms with Gasteiger partial charge >= 0.3 is 5.69 Å². The molecule has 9 nitrogen and oxygen atoms in total. The van der Waals surface area contributed by atoms with Crippen LogP contribution in [0.1, 0.15) is 11.7 Å². The molecule has 0 heterocycles. The largest absolute Gasteiger partial charge is 0.507 e. The quantitative estimate of drug-likeness (QED) is 0.186. The van der Waals surface area contributed by atoms with Gasteiger partial charge in [-0.25, -0.2) is 4.39 Å². The van der Waals surface area contributed by atoms with Gasteiger partial charge in [0.2, 0.25) is 5.75 Å². The molecule has 0 unspecified atom stereocenters. The van der Waals surface area contributed by atoms with Crippen molar-refractivity contribution >= 4 is 5.69 Å². The van der Waals surface area contributed by atoms with Gasteiger partial charge in [0.1, 0.15) is 11.3 Å². The van der Waals surface area contributed by atoms with E-state index in [1.807, 2.05) is 0 Å². The summed E-state index contributed by atoms with van der Waals surface area (Å²) in [5, 5.41) is 41.7. The number of nitrogens with zero attached hydrogens (tertiary/aromatic N) is 4. The highest BCUT2D eigenvalue weighted by Crippen LogP contribution is 2.41. The molecule has 1 aromatic carbocycles. The minimum atomic E-state index is -1.74. The molecule has 0 radical (unpaired) electrons. The van der Waals surface area contributed by atoms with E-state index in [9.17, 15) is 29.8 Å². The summed E-state index contributed by atoms with van der Waals surface area (Å²) in [6.45, 7) is -0.615. The Morgan fingerprint density at radius 3 is 2.72 bits per heavy atom. The summed E-state index contributed by atoms with van der Waals surface area (Å²) < 4.78 is 13.0. The molecule has 0 aliphatic rings. The number of hydrogen-bond donors (Lipinski definition) is 3. The van der Waals surface area contributed by atoms with Crippen LogP contribution in [0.5, 0.6) is 11.5 Å². The fourth-order valence-electron chi connectivity index (χ4n) is 1.35. The number of phenolic OH excluding ortho intramolecular Hbond substituents is 2. The van der Waals surface area contributed by atoms with Gasteiger partial charge in [-0.1, -0.05) is 5.11 Å². The number of benzene rings is 1. The Balaban J connectivity index is 3.45. The second kappa shape index (κ2) is 5.17. The molecule has 0 fully saturated rings. The summed E-state index contributed by atoms with van der Waals surface area (Å²) in [7, 11) is 0. The molecule has 0 aliphatic heterocycles. The first kappa shape index (κ1) is 13.5. The highest BCUT2D eigenvalue weighted by atomic mass is 19.1. The molecule has 1 rings (SSSR count). The number of nitro benzene ring substituents is 1. The Morgan fingerprint density at radius 2 is 2.22 bits per heavy atom. The molecule has 0 aliphatic carbocycles. The first-order valence-corrected chi connectivity index (χ1v) is 4.47. The van der Waals surface area contributed by atoms with E-state index in [0.717, 1.165) is 0 Å². The number of rotatable bonds is 4. The molecule has 96 valence electrons. The predicted molar refractivity (Wildman–Crippen MR) is 55.4 cm³/mol. The van der Waals surface area contributed by atoms with E-state index in [1.54, 1.807) is 0 Å². The summed E-state index contributed by atoms with van der Waals surface area (Å²) in [5.41, 5.74) is 6.16. The highest BCUT2D eigenvalue weighted by molar-refractivity contribution is 5.59. The van der Waals surface area contributed by atoms with E-state index in [1.165, 1.54) is 0 Å². The maximum atomic E-state index is 13.0. The van der Waals surface area contributed by atoms with Crippen LogP contribution in [0.25, 0.3) is 10.4 Å². The maximum absolute atomic E-state index is 13.0. The fraction of sp³-hybridized carbons (Fsp3) is 0.250. The van der Waals surface area contributed by atoms with Crippen LogP contribution in [0.4, 0.5) is 10.1 Å². The van der Waals surface area contributed by atoms with Crippen LogP contribution < -0.4 is 0 Å². The van der Waals surface area contributed by atoms with E-state index in [4.69, 9.17) is 5.53 Å². The molecule has 3 N–H and O–H groups in total. The zero-order chi connectivity index (χ0) is 13.9.